The summed E-state index contributed by atoms with van der Waals surface area (Å²) in [7, 11) is 0. The first-order valence-corrected chi connectivity index (χ1v) is 7.23. The molecule has 0 amide bonds. The molecule has 0 aliphatic carbocycles. The smallest absolute Gasteiger partial charge is 0.331 e. The second-order valence-corrected chi connectivity index (χ2v) is 5.52. The van der Waals surface area contributed by atoms with Crippen LogP contribution in [-0.2, 0) is 14.4 Å². The predicted octanol–water partition coefficient (Wildman–Crippen LogP) is 1.47. The molecule has 0 spiro atoms. The van der Waals surface area contributed by atoms with Crippen LogP contribution in [-0.4, -0.2) is 38.7 Å². The molecule has 0 saturated heterocycles. The summed E-state index contributed by atoms with van der Waals surface area (Å²) in [4.78, 5) is 33.8. The molecule has 7 heteroatoms. The fourth-order valence-corrected chi connectivity index (χ4v) is 2.25. The van der Waals surface area contributed by atoms with E-state index in [1.165, 1.54) is 0 Å². The van der Waals surface area contributed by atoms with Crippen molar-refractivity contribution in [2.24, 2.45) is 5.73 Å². The van der Waals surface area contributed by atoms with Gasteiger partial charge < -0.3 is 15.9 Å². The first-order chi connectivity index (χ1) is 9.25. The van der Waals surface area contributed by atoms with Gasteiger partial charge in [-0.15, -0.1) is 0 Å². The summed E-state index contributed by atoms with van der Waals surface area (Å²) in [6.07, 6.45) is 3.36. The number of carbonyl (C=O) groups excluding carboxylic acids is 1. The van der Waals surface area contributed by atoms with Crippen LogP contribution < -0.4 is 5.73 Å². The van der Waals surface area contributed by atoms with Crippen molar-refractivity contribution in [3.8, 4) is 0 Å². The minimum Gasteiger partial charge on any atom is -0.481 e. The Morgan fingerprint density at radius 3 is 2.25 bits per heavy atom. The molecule has 0 radical (unpaired) electrons. The Morgan fingerprint density at radius 2 is 1.80 bits per heavy atom. The lowest BCUT2D eigenvalue weighted by Crippen LogP contribution is -2.57. The SMILES string of the molecule is CCCCCCC(S)C(=O)C(N)(CCC(=O)O)C(=O)O. The van der Waals surface area contributed by atoms with Gasteiger partial charge in [-0.05, 0) is 12.8 Å². The molecule has 0 saturated carbocycles. The molecule has 116 valence electrons. The summed E-state index contributed by atoms with van der Waals surface area (Å²) in [5, 5.41) is 16.9. The molecular weight excluding hydrogens is 282 g/mol. The summed E-state index contributed by atoms with van der Waals surface area (Å²) < 4.78 is 0. The lowest BCUT2D eigenvalue weighted by Gasteiger charge is -2.25. The Morgan fingerprint density at radius 1 is 1.20 bits per heavy atom. The molecule has 6 nitrogen and oxygen atoms in total. The molecule has 4 N–H and O–H groups in total. The van der Waals surface area contributed by atoms with Crippen LogP contribution in [0.2, 0.25) is 0 Å². The number of hydrogen-bond acceptors (Lipinski definition) is 5. The van der Waals surface area contributed by atoms with Crippen LogP contribution in [0.15, 0.2) is 0 Å². The van der Waals surface area contributed by atoms with Crippen LogP contribution in [0.5, 0.6) is 0 Å². The molecule has 2 unspecified atom stereocenters. The highest BCUT2D eigenvalue weighted by atomic mass is 32.1. The van der Waals surface area contributed by atoms with Crippen molar-refractivity contribution in [2.75, 3.05) is 0 Å². The highest BCUT2D eigenvalue weighted by Crippen LogP contribution is 2.20. The van der Waals surface area contributed by atoms with Crippen LogP contribution in [0.1, 0.15) is 51.9 Å². The third-order valence-corrected chi connectivity index (χ3v) is 3.68. The van der Waals surface area contributed by atoms with Gasteiger partial charge in [0.25, 0.3) is 0 Å². The monoisotopic (exact) mass is 305 g/mol. The molecule has 0 aliphatic rings. The van der Waals surface area contributed by atoms with E-state index in [1.807, 2.05) is 0 Å². The van der Waals surface area contributed by atoms with Gasteiger partial charge in [0.2, 0.25) is 0 Å². The highest BCUT2D eigenvalue weighted by Gasteiger charge is 2.44. The number of carboxylic acid groups (broad SMARTS) is 2. The van der Waals surface area contributed by atoms with Gasteiger partial charge in [0.1, 0.15) is 0 Å². The lowest BCUT2D eigenvalue weighted by molar-refractivity contribution is -0.149. The molecule has 2 atom stereocenters. The molecule has 0 fully saturated rings. The van der Waals surface area contributed by atoms with Crippen molar-refractivity contribution in [1.29, 1.82) is 0 Å². The molecular formula is C13H23NO5S. The Labute approximate surface area is 124 Å². The maximum atomic E-state index is 12.1. The average molecular weight is 305 g/mol. The predicted molar refractivity (Wildman–Crippen MR) is 78.0 cm³/mol. The van der Waals surface area contributed by atoms with Gasteiger partial charge in [0.05, 0.1) is 5.25 Å². The van der Waals surface area contributed by atoms with Gasteiger partial charge in [-0.3, -0.25) is 9.59 Å². The maximum absolute atomic E-state index is 12.1. The molecule has 20 heavy (non-hydrogen) atoms. The average Bonchev–Trinajstić information content (AvgIpc) is 2.39. The first-order valence-electron chi connectivity index (χ1n) is 6.72. The maximum Gasteiger partial charge on any atom is 0.331 e. The molecule has 0 aromatic heterocycles. The van der Waals surface area contributed by atoms with Crippen molar-refractivity contribution < 1.29 is 24.6 Å². The first kappa shape index (κ1) is 18.9. The van der Waals surface area contributed by atoms with E-state index in [0.29, 0.717) is 6.42 Å². The Hall–Kier alpha value is -1.08. The molecule has 0 rings (SSSR count). The van der Waals surface area contributed by atoms with Crippen molar-refractivity contribution in [1.82, 2.24) is 0 Å². The van der Waals surface area contributed by atoms with E-state index in [2.05, 4.69) is 19.6 Å². The fourth-order valence-electron chi connectivity index (χ4n) is 1.83. The van der Waals surface area contributed by atoms with Crippen LogP contribution in [0.3, 0.4) is 0 Å². The van der Waals surface area contributed by atoms with E-state index < -0.39 is 41.4 Å². The number of hydrogen-bond donors (Lipinski definition) is 4. The zero-order valence-corrected chi connectivity index (χ0v) is 12.6. The van der Waals surface area contributed by atoms with Gasteiger partial charge in [-0.2, -0.15) is 12.6 Å². The second-order valence-electron chi connectivity index (χ2n) is 4.90. The van der Waals surface area contributed by atoms with E-state index in [-0.39, 0.29) is 0 Å². The fraction of sp³-hybridized carbons (Fsp3) is 0.769. The molecule has 0 aromatic rings. The van der Waals surface area contributed by atoms with Gasteiger partial charge in [0, 0.05) is 6.42 Å². The minimum absolute atomic E-state index is 0.428. The molecule has 0 bridgehead atoms. The van der Waals surface area contributed by atoms with E-state index in [4.69, 9.17) is 15.9 Å². The third-order valence-electron chi connectivity index (χ3n) is 3.19. The van der Waals surface area contributed by atoms with Crippen molar-refractivity contribution in [2.45, 2.75) is 62.7 Å². The normalized spacial score (nSPS) is 15.3. The number of carboxylic acids is 2. The summed E-state index contributed by atoms with van der Waals surface area (Å²) in [5.41, 5.74) is 3.43. The standard InChI is InChI=1S/C13H23NO5S/c1-2-3-4-5-6-9(20)11(17)13(14,12(18)19)8-7-10(15)16/h9,20H,2-8,14H2,1H3,(H,15,16)(H,18,19). The number of aliphatic carboxylic acids is 2. The van der Waals surface area contributed by atoms with Crippen LogP contribution in [0.25, 0.3) is 0 Å². The number of thiol groups is 1. The van der Waals surface area contributed by atoms with Gasteiger partial charge >= 0.3 is 11.9 Å². The Kier molecular flexibility index (Phi) is 8.48. The van der Waals surface area contributed by atoms with Gasteiger partial charge in [-0.25, -0.2) is 4.79 Å². The second kappa shape index (κ2) is 8.97. The zero-order chi connectivity index (χ0) is 15.8. The van der Waals surface area contributed by atoms with Crippen molar-refractivity contribution in [3.05, 3.63) is 0 Å². The number of Topliss-reactive ketones (excluding diaryl/α,β-unsaturated/α-hetero) is 1. The van der Waals surface area contributed by atoms with E-state index in [0.717, 1.165) is 25.7 Å². The number of ketones is 1. The molecule has 0 aliphatic heterocycles. The zero-order valence-electron chi connectivity index (χ0n) is 11.7. The van der Waals surface area contributed by atoms with E-state index in [9.17, 15) is 14.4 Å². The summed E-state index contributed by atoms with van der Waals surface area (Å²) in [6, 6.07) is 0. The van der Waals surface area contributed by atoms with Crippen LogP contribution in [0, 0.1) is 0 Å². The van der Waals surface area contributed by atoms with Gasteiger partial charge in [0.15, 0.2) is 11.3 Å². The topological polar surface area (TPSA) is 118 Å². The number of nitrogens with two attached hydrogens (primary N) is 1. The third kappa shape index (κ3) is 5.92. The number of rotatable bonds is 11. The largest absolute Gasteiger partial charge is 0.481 e. The molecule has 0 aromatic carbocycles. The molecule has 0 heterocycles. The summed E-state index contributed by atoms with van der Waals surface area (Å²) >= 11 is 4.12. The van der Waals surface area contributed by atoms with Crippen molar-refractivity contribution >= 4 is 30.4 Å². The Balaban J connectivity index is 4.62. The minimum atomic E-state index is -2.17. The van der Waals surface area contributed by atoms with Crippen LogP contribution in [0.4, 0.5) is 0 Å². The summed E-state index contributed by atoms with van der Waals surface area (Å²) in [6.45, 7) is 2.06. The number of carbonyl (C=O) groups is 3. The number of unbranched alkanes of at least 4 members (excludes halogenated alkanes) is 3. The van der Waals surface area contributed by atoms with E-state index in [1.54, 1.807) is 0 Å². The van der Waals surface area contributed by atoms with Crippen LogP contribution >= 0.6 is 12.6 Å². The lowest BCUT2D eigenvalue weighted by atomic mass is 9.86. The highest BCUT2D eigenvalue weighted by molar-refractivity contribution is 7.81. The quantitative estimate of drug-likeness (QED) is 0.261. The Bertz CT molecular complexity index is 361. The summed E-state index contributed by atoms with van der Waals surface area (Å²) in [5.74, 6) is -3.41. The van der Waals surface area contributed by atoms with Gasteiger partial charge in [-0.1, -0.05) is 32.6 Å². The van der Waals surface area contributed by atoms with E-state index >= 15 is 0 Å². The van der Waals surface area contributed by atoms with Crippen molar-refractivity contribution in [3.63, 3.8) is 0 Å².